The molecule has 0 spiro atoms. The summed E-state index contributed by atoms with van der Waals surface area (Å²) in [5, 5.41) is 9.67. The van der Waals surface area contributed by atoms with E-state index in [4.69, 9.17) is 11.3 Å². The molecule has 1 atom stereocenters. The van der Waals surface area contributed by atoms with Crippen molar-refractivity contribution in [3.63, 3.8) is 0 Å². The summed E-state index contributed by atoms with van der Waals surface area (Å²) in [5.41, 5.74) is -1.94. The van der Waals surface area contributed by atoms with E-state index in [0.29, 0.717) is 12.0 Å². The fourth-order valence-corrected chi connectivity index (χ4v) is 3.77. The highest BCUT2D eigenvalue weighted by Crippen LogP contribution is 2.44. The third kappa shape index (κ3) is 5.23. The van der Waals surface area contributed by atoms with Crippen LogP contribution in [-0.2, 0) is 14.4 Å². The van der Waals surface area contributed by atoms with E-state index in [0.717, 1.165) is 0 Å². The van der Waals surface area contributed by atoms with Crippen LogP contribution in [0.15, 0.2) is 48.2 Å². The van der Waals surface area contributed by atoms with Crippen LogP contribution in [0.2, 0.25) is 0 Å². The summed E-state index contributed by atoms with van der Waals surface area (Å²) in [6.07, 6.45) is 8.00. The molecule has 1 N–H and O–H groups in total. The Labute approximate surface area is 189 Å². The molecule has 6 heteroatoms. The van der Waals surface area contributed by atoms with Crippen molar-refractivity contribution < 1.29 is 24.2 Å². The van der Waals surface area contributed by atoms with E-state index in [1.54, 1.807) is 58.1 Å². The lowest BCUT2D eigenvalue weighted by Crippen LogP contribution is -2.36. The number of allylic oxidation sites excluding steroid dienone is 5. The minimum atomic E-state index is -1.29. The van der Waals surface area contributed by atoms with Crippen molar-refractivity contribution in [1.82, 2.24) is 0 Å². The highest BCUT2D eigenvalue weighted by Gasteiger charge is 2.42. The number of carbonyl (C=O) groups excluding carboxylic acids is 3. The van der Waals surface area contributed by atoms with Crippen molar-refractivity contribution in [2.75, 3.05) is 7.11 Å². The van der Waals surface area contributed by atoms with Crippen molar-refractivity contribution in [1.29, 1.82) is 0 Å². The molecule has 0 aromatic heterocycles. The second kappa shape index (κ2) is 8.96. The summed E-state index contributed by atoms with van der Waals surface area (Å²) in [4.78, 5) is 41.3. The number of ketones is 3. The number of ether oxygens (including phenoxy) is 1. The van der Waals surface area contributed by atoms with Gasteiger partial charge in [0.1, 0.15) is 0 Å². The monoisotopic (exact) mass is 435 g/mol. The van der Waals surface area contributed by atoms with Gasteiger partial charge >= 0.3 is 0 Å². The largest absolute Gasteiger partial charge is 0.504 e. The van der Waals surface area contributed by atoms with Crippen LogP contribution in [0.1, 0.15) is 46.6 Å². The number of rotatable bonds is 7. The van der Waals surface area contributed by atoms with Crippen LogP contribution < -0.4 is 4.74 Å². The van der Waals surface area contributed by atoms with Gasteiger partial charge in [-0.1, -0.05) is 45.1 Å². The van der Waals surface area contributed by atoms with Gasteiger partial charge in [-0.05, 0) is 55.5 Å². The Morgan fingerprint density at radius 3 is 2.41 bits per heavy atom. The maximum absolute atomic E-state index is 12.9. The quantitative estimate of drug-likeness (QED) is 0.372. The highest BCUT2D eigenvalue weighted by atomic mass is 16.5. The number of benzene rings is 1. The van der Waals surface area contributed by atoms with E-state index in [9.17, 15) is 19.5 Å². The molecule has 1 aromatic carbocycles. The van der Waals surface area contributed by atoms with Crippen LogP contribution in [-0.4, -0.2) is 29.6 Å². The number of aromatic hydroxyl groups is 1. The fourth-order valence-electron chi connectivity index (χ4n) is 3.77. The van der Waals surface area contributed by atoms with E-state index in [-0.39, 0.29) is 34.5 Å². The standard InChI is InChI=1S/C26H29NO5/c1-24(2)16-26(5,15-18(27-6)23(24)31)13-12-22(30)25(3,4)21(29)11-9-17-8-10-19(28)20(14-17)32-7/h8-15,28H,16H2,1-5,7H3/t26-/m0/s1. The first-order chi connectivity index (χ1) is 14.8. The van der Waals surface area contributed by atoms with Gasteiger partial charge in [0.15, 0.2) is 28.8 Å². The van der Waals surface area contributed by atoms with E-state index < -0.39 is 16.2 Å². The van der Waals surface area contributed by atoms with E-state index in [1.807, 2.05) is 6.92 Å². The third-order valence-corrected chi connectivity index (χ3v) is 5.74. The number of hydrogen-bond acceptors (Lipinski definition) is 5. The molecule has 0 bridgehead atoms. The lowest BCUT2D eigenvalue weighted by atomic mass is 9.66. The fraction of sp³-hybridized carbons (Fsp3) is 0.385. The minimum Gasteiger partial charge on any atom is -0.504 e. The van der Waals surface area contributed by atoms with Gasteiger partial charge in [-0.3, -0.25) is 9.59 Å². The SMILES string of the molecule is [C-]#[N+]C1=C[C@](C)(C=CC(=O)C(C)(C)C(=O)C=Cc2ccc(O)c(OC)c2)CC(C)(C)C1=O. The lowest BCUT2D eigenvalue weighted by molar-refractivity contribution is -0.133. The molecule has 0 heterocycles. The molecule has 0 fully saturated rings. The first-order valence-electron chi connectivity index (χ1n) is 10.2. The number of nitrogens with zero attached hydrogens (tertiary/aromatic N) is 1. The summed E-state index contributed by atoms with van der Waals surface area (Å²) in [6, 6.07) is 4.68. The zero-order valence-electron chi connectivity index (χ0n) is 19.4. The first kappa shape index (κ1) is 24.8. The molecule has 0 amide bonds. The number of carbonyl (C=O) groups is 3. The molecular weight excluding hydrogens is 406 g/mol. The summed E-state index contributed by atoms with van der Waals surface area (Å²) in [5.74, 6) is -0.666. The molecule has 2 rings (SSSR count). The number of phenolic OH excluding ortho intramolecular Hbond substituents is 1. The lowest BCUT2D eigenvalue weighted by Gasteiger charge is -2.37. The van der Waals surface area contributed by atoms with Crippen LogP contribution in [0.3, 0.4) is 0 Å². The van der Waals surface area contributed by atoms with Crippen LogP contribution in [0, 0.1) is 22.8 Å². The van der Waals surface area contributed by atoms with Gasteiger partial charge in [-0.15, -0.1) is 0 Å². The van der Waals surface area contributed by atoms with Crippen LogP contribution in [0.5, 0.6) is 11.5 Å². The predicted octanol–water partition coefficient (Wildman–Crippen LogP) is 4.94. The normalized spacial score (nSPS) is 20.8. The minimum absolute atomic E-state index is 0.00636. The third-order valence-electron chi connectivity index (χ3n) is 5.74. The van der Waals surface area contributed by atoms with E-state index in [2.05, 4.69) is 4.85 Å². The summed E-state index contributed by atoms with van der Waals surface area (Å²) in [6.45, 7) is 15.8. The van der Waals surface area contributed by atoms with Gasteiger partial charge < -0.3 is 14.6 Å². The summed E-state index contributed by atoms with van der Waals surface area (Å²) >= 11 is 0. The van der Waals surface area contributed by atoms with Crippen molar-refractivity contribution in [2.24, 2.45) is 16.2 Å². The second-order valence-electron chi connectivity index (χ2n) is 9.49. The van der Waals surface area contributed by atoms with Gasteiger partial charge in [0, 0.05) is 5.41 Å². The van der Waals surface area contributed by atoms with Crippen LogP contribution >= 0.6 is 0 Å². The van der Waals surface area contributed by atoms with Crippen molar-refractivity contribution in [3.05, 3.63) is 65.2 Å². The van der Waals surface area contributed by atoms with Gasteiger partial charge in [0.05, 0.1) is 19.1 Å². The average Bonchev–Trinajstić information content (AvgIpc) is 2.73. The molecule has 32 heavy (non-hydrogen) atoms. The zero-order valence-corrected chi connectivity index (χ0v) is 19.4. The molecule has 0 radical (unpaired) electrons. The first-order valence-corrected chi connectivity index (χ1v) is 10.2. The maximum atomic E-state index is 12.9. The topological polar surface area (TPSA) is 85.0 Å². The Balaban J connectivity index is 2.22. The molecular formula is C26H29NO5. The Hall–Kier alpha value is -3.46. The summed E-state index contributed by atoms with van der Waals surface area (Å²) in [7, 11) is 1.43. The Kier molecular flexibility index (Phi) is 6.94. The molecule has 1 aromatic rings. The van der Waals surface area contributed by atoms with Crippen LogP contribution in [0.25, 0.3) is 10.9 Å². The number of methoxy groups -OCH3 is 1. The number of phenols is 1. The smallest absolute Gasteiger partial charge is 0.226 e. The second-order valence-corrected chi connectivity index (χ2v) is 9.49. The zero-order chi connectivity index (χ0) is 24.3. The van der Waals surface area contributed by atoms with Gasteiger partial charge in [-0.25, -0.2) is 4.85 Å². The van der Waals surface area contributed by atoms with E-state index in [1.165, 1.54) is 25.3 Å². The molecule has 0 saturated carbocycles. The Morgan fingerprint density at radius 1 is 1.19 bits per heavy atom. The molecule has 168 valence electrons. The maximum Gasteiger partial charge on any atom is 0.226 e. The van der Waals surface area contributed by atoms with Crippen LogP contribution in [0.4, 0.5) is 0 Å². The highest BCUT2D eigenvalue weighted by molar-refractivity contribution is 6.15. The Morgan fingerprint density at radius 2 is 1.81 bits per heavy atom. The molecule has 1 aliphatic carbocycles. The van der Waals surface area contributed by atoms with Gasteiger partial charge in [0.25, 0.3) is 0 Å². The molecule has 0 unspecified atom stereocenters. The molecule has 0 aliphatic heterocycles. The van der Waals surface area contributed by atoms with E-state index >= 15 is 0 Å². The molecule has 6 nitrogen and oxygen atoms in total. The van der Waals surface area contributed by atoms with Crippen molar-refractivity contribution in [2.45, 2.75) is 41.0 Å². The molecule has 1 aliphatic rings. The van der Waals surface area contributed by atoms with Gasteiger partial charge in [-0.2, -0.15) is 0 Å². The predicted molar refractivity (Wildman–Crippen MR) is 123 cm³/mol. The molecule has 0 saturated heterocycles. The van der Waals surface area contributed by atoms with Crippen molar-refractivity contribution >= 4 is 23.4 Å². The Bertz CT molecular complexity index is 1080. The van der Waals surface area contributed by atoms with Crippen molar-refractivity contribution in [3.8, 4) is 11.5 Å². The average molecular weight is 436 g/mol. The summed E-state index contributed by atoms with van der Waals surface area (Å²) < 4.78 is 5.06. The number of Topliss-reactive ketones (excluding diaryl/α,β-unsaturated/α-hetero) is 1. The number of hydrogen-bond donors (Lipinski definition) is 1. The van der Waals surface area contributed by atoms with Gasteiger partial charge in [0.2, 0.25) is 5.70 Å².